The molecule has 0 bridgehead atoms. The number of benzene rings is 2. The zero-order valence-electron chi connectivity index (χ0n) is 13.3. The molecule has 0 aliphatic carbocycles. The Labute approximate surface area is 144 Å². The van der Waals surface area contributed by atoms with Crippen LogP contribution in [0.1, 0.15) is 16.1 Å². The highest BCUT2D eigenvalue weighted by Crippen LogP contribution is 2.18. The molecule has 2 aromatic carbocycles. The SMILES string of the molecule is Cc1cc(NC(=O)c2cccc(S(=O)(=O)Nc3ccccc3)c2)no1. The zero-order valence-corrected chi connectivity index (χ0v) is 14.1. The molecule has 8 heteroatoms. The van der Waals surface area contributed by atoms with Gasteiger partial charge in [-0.05, 0) is 37.3 Å². The van der Waals surface area contributed by atoms with Crippen molar-refractivity contribution in [3.63, 3.8) is 0 Å². The van der Waals surface area contributed by atoms with Crippen molar-refractivity contribution in [1.29, 1.82) is 0 Å². The lowest BCUT2D eigenvalue weighted by atomic mass is 10.2. The average molecular weight is 357 g/mol. The van der Waals surface area contributed by atoms with E-state index >= 15 is 0 Å². The number of amides is 1. The first-order valence-electron chi connectivity index (χ1n) is 7.37. The Balaban J connectivity index is 1.82. The van der Waals surface area contributed by atoms with Crippen LogP contribution in [-0.2, 0) is 10.0 Å². The lowest BCUT2D eigenvalue weighted by molar-refractivity contribution is 0.102. The molecule has 0 radical (unpaired) electrons. The molecule has 25 heavy (non-hydrogen) atoms. The highest BCUT2D eigenvalue weighted by Gasteiger charge is 2.17. The number of nitrogens with one attached hydrogen (secondary N) is 2. The summed E-state index contributed by atoms with van der Waals surface area (Å²) in [6.07, 6.45) is 0. The van der Waals surface area contributed by atoms with Gasteiger partial charge in [0.1, 0.15) is 5.76 Å². The molecule has 1 heterocycles. The second-order valence-electron chi connectivity index (χ2n) is 5.28. The summed E-state index contributed by atoms with van der Waals surface area (Å²) in [5.74, 6) is 0.335. The van der Waals surface area contributed by atoms with Crippen molar-refractivity contribution >= 4 is 27.4 Å². The maximum atomic E-state index is 12.5. The number of hydrogen-bond acceptors (Lipinski definition) is 5. The molecule has 3 rings (SSSR count). The van der Waals surface area contributed by atoms with Gasteiger partial charge in [0.15, 0.2) is 5.82 Å². The molecule has 0 unspecified atom stereocenters. The van der Waals surface area contributed by atoms with Gasteiger partial charge in [0.05, 0.1) is 4.90 Å². The predicted molar refractivity (Wildman–Crippen MR) is 92.9 cm³/mol. The Hall–Kier alpha value is -3.13. The maximum absolute atomic E-state index is 12.5. The number of nitrogens with zero attached hydrogens (tertiary/aromatic N) is 1. The Morgan fingerprint density at radius 1 is 1.04 bits per heavy atom. The molecule has 2 N–H and O–H groups in total. The van der Waals surface area contributed by atoms with Gasteiger partial charge in [0.25, 0.3) is 15.9 Å². The minimum atomic E-state index is -3.80. The van der Waals surface area contributed by atoms with E-state index in [0.29, 0.717) is 11.4 Å². The number of hydrogen-bond donors (Lipinski definition) is 2. The Bertz CT molecular complexity index is 997. The molecule has 0 aliphatic rings. The lowest BCUT2D eigenvalue weighted by Crippen LogP contribution is -2.16. The molecule has 0 saturated carbocycles. The fourth-order valence-electron chi connectivity index (χ4n) is 2.14. The fraction of sp³-hybridized carbons (Fsp3) is 0.0588. The monoisotopic (exact) mass is 357 g/mol. The molecule has 0 spiro atoms. The third-order valence-electron chi connectivity index (χ3n) is 3.30. The Kier molecular flexibility index (Phi) is 4.53. The molecule has 0 fully saturated rings. The van der Waals surface area contributed by atoms with Crippen molar-refractivity contribution in [2.45, 2.75) is 11.8 Å². The molecule has 0 saturated heterocycles. The zero-order chi connectivity index (χ0) is 17.9. The van der Waals surface area contributed by atoms with Crippen molar-refractivity contribution in [2.75, 3.05) is 10.0 Å². The highest BCUT2D eigenvalue weighted by atomic mass is 32.2. The van der Waals surface area contributed by atoms with Crippen LogP contribution in [0.2, 0.25) is 0 Å². The number of aromatic nitrogens is 1. The lowest BCUT2D eigenvalue weighted by Gasteiger charge is -2.09. The van der Waals surface area contributed by atoms with E-state index in [2.05, 4.69) is 15.2 Å². The molecular weight excluding hydrogens is 342 g/mol. The summed E-state index contributed by atoms with van der Waals surface area (Å²) < 4.78 is 32.3. The van der Waals surface area contributed by atoms with Gasteiger partial charge in [-0.25, -0.2) is 8.42 Å². The summed E-state index contributed by atoms with van der Waals surface area (Å²) in [6, 6.07) is 15.8. The van der Waals surface area contributed by atoms with E-state index in [4.69, 9.17) is 4.52 Å². The normalized spacial score (nSPS) is 11.1. The number of carbonyl (C=O) groups is 1. The van der Waals surface area contributed by atoms with E-state index in [0.717, 1.165) is 0 Å². The summed E-state index contributed by atoms with van der Waals surface area (Å²) in [5.41, 5.74) is 0.631. The summed E-state index contributed by atoms with van der Waals surface area (Å²) in [7, 11) is -3.80. The van der Waals surface area contributed by atoms with E-state index in [-0.39, 0.29) is 16.3 Å². The third kappa shape index (κ3) is 4.04. The molecule has 128 valence electrons. The van der Waals surface area contributed by atoms with Crippen molar-refractivity contribution in [3.05, 3.63) is 72.0 Å². The summed E-state index contributed by atoms with van der Waals surface area (Å²) in [6.45, 7) is 1.70. The molecular formula is C17H15N3O4S. The summed E-state index contributed by atoms with van der Waals surface area (Å²) >= 11 is 0. The predicted octanol–water partition coefficient (Wildman–Crippen LogP) is 3.04. The Morgan fingerprint density at radius 3 is 2.48 bits per heavy atom. The number of aryl methyl sites for hydroxylation is 1. The molecule has 3 aromatic rings. The van der Waals surface area contributed by atoms with Gasteiger partial charge < -0.3 is 9.84 Å². The van der Waals surface area contributed by atoms with E-state index in [1.165, 1.54) is 24.3 Å². The number of sulfonamides is 1. The maximum Gasteiger partial charge on any atom is 0.261 e. The van der Waals surface area contributed by atoms with Crippen LogP contribution in [0.3, 0.4) is 0 Å². The fourth-order valence-corrected chi connectivity index (χ4v) is 3.24. The second-order valence-corrected chi connectivity index (χ2v) is 6.96. The highest BCUT2D eigenvalue weighted by molar-refractivity contribution is 7.92. The smallest absolute Gasteiger partial charge is 0.261 e. The van der Waals surface area contributed by atoms with Crippen LogP contribution in [0.4, 0.5) is 11.5 Å². The van der Waals surface area contributed by atoms with E-state index in [1.807, 2.05) is 0 Å². The van der Waals surface area contributed by atoms with Crippen LogP contribution in [-0.4, -0.2) is 19.5 Å². The van der Waals surface area contributed by atoms with Crippen LogP contribution in [0.5, 0.6) is 0 Å². The number of anilines is 2. The van der Waals surface area contributed by atoms with Crippen LogP contribution in [0.15, 0.2) is 70.1 Å². The van der Waals surface area contributed by atoms with Gasteiger partial charge in [-0.1, -0.05) is 29.4 Å². The van der Waals surface area contributed by atoms with Crippen LogP contribution in [0.25, 0.3) is 0 Å². The Morgan fingerprint density at radius 2 is 1.80 bits per heavy atom. The summed E-state index contributed by atoms with van der Waals surface area (Å²) in [4.78, 5) is 12.2. The van der Waals surface area contributed by atoms with E-state index in [1.54, 1.807) is 43.3 Å². The van der Waals surface area contributed by atoms with E-state index < -0.39 is 15.9 Å². The van der Waals surface area contributed by atoms with Crippen molar-refractivity contribution in [3.8, 4) is 0 Å². The second kappa shape index (κ2) is 6.78. The van der Waals surface area contributed by atoms with Crippen LogP contribution in [0, 0.1) is 6.92 Å². The van der Waals surface area contributed by atoms with Gasteiger partial charge in [-0.15, -0.1) is 0 Å². The van der Waals surface area contributed by atoms with Gasteiger partial charge in [0, 0.05) is 17.3 Å². The third-order valence-corrected chi connectivity index (χ3v) is 4.68. The van der Waals surface area contributed by atoms with Crippen molar-refractivity contribution in [2.24, 2.45) is 0 Å². The number of carbonyl (C=O) groups excluding carboxylic acids is 1. The van der Waals surface area contributed by atoms with Crippen LogP contribution >= 0.6 is 0 Å². The molecule has 1 amide bonds. The van der Waals surface area contributed by atoms with Crippen molar-refractivity contribution < 1.29 is 17.7 Å². The van der Waals surface area contributed by atoms with E-state index in [9.17, 15) is 13.2 Å². The quantitative estimate of drug-likeness (QED) is 0.731. The van der Waals surface area contributed by atoms with Gasteiger partial charge in [0.2, 0.25) is 0 Å². The first kappa shape index (κ1) is 16.7. The number of para-hydroxylation sites is 1. The topological polar surface area (TPSA) is 101 Å². The van der Waals surface area contributed by atoms with Crippen LogP contribution < -0.4 is 10.0 Å². The minimum absolute atomic E-state index is 0.0136. The number of rotatable bonds is 5. The standard InChI is InChI=1S/C17H15N3O4S/c1-12-10-16(19-24-12)18-17(21)13-6-5-9-15(11-13)25(22,23)20-14-7-3-2-4-8-14/h2-11,20H,1H3,(H,18,19,21). The molecule has 0 atom stereocenters. The molecule has 0 aliphatic heterocycles. The summed E-state index contributed by atoms with van der Waals surface area (Å²) in [5, 5.41) is 6.22. The van der Waals surface area contributed by atoms with Gasteiger partial charge >= 0.3 is 0 Å². The van der Waals surface area contributed by atoms with Crippen molar-refractivity contribution in [1.82, 2.24) is 5.16 Å². The molecule has 7 nitrogen and oxygen atoms in total. The first-order valence-corrected chi connectivity index (χ1v) is 8.85. The largest absolute Gasteiger partial charge is 0.360 e. The average Bonchev–Trinajstić information content (AvgIpc) is 3.00. The molecule has 1 aromatic heterocycles. The van der Waals surface area contributed by atoms with Gasteiger partial charge in [-0.2, -0.15) is 0 Å². The minimum Gasteiger partial charge on any atom is -0.360 e. The first-order chi connectivity index (χ1) is 11.9. The van der Waals surface area contributed by atoms with Gasteiger partial charge in [-0.3, -0.25) is 9.52 Å².